The Balaban J connectivity index is 5.13. The minimum Gasteiger partial charge on any atom is -0.415 e. The third-order valence-electron chi connectivity index (χ3n) is 6.97. The highest BCUT2D eigenvalue weighted by Gasteiger charge is 2.49. The smallest absolute Gasteiger partial charge is 0.192 e. The monoisotopic (exact) mass is 416 g/mol. The first-order valence-electron chi connectivity index (χ1n) is 11.2. The van der Waals surface area contributed by atoms with Crippen molar-refractivity contribution in [3.63, 3.8) is 0 Å². The van der Waals surface area contributed by atoms with Gasteiger partial charge in [0.05, 0.1) is 8.07 Å². The zero-order valence-corrected chi connectivity index (χ0v) is 22.8. The van der Waals surface area contributed by atoms with Gasteiger partial charge in [0.15, 0.2) is 8.32 Å². The summed E-state index contributed by atoms with van der Waals surface area (Å²) in [5, 5.41) is 7.29. The third-order valence-corrected chi connectivity index (χ3v) is 16.7. The SMILES string of the molecule is CCNCC(C)CC(C)(C)[Si](C)(C)OC(C)(C)[Si](C)(C)CC(C)CNCC. The molecule has 0 fully saturated rings. The molecule has 0 heterocycles. The van der Waals surface area contributed by atoms with E-state index < -0.39 is 16.4 Å². The molecule has 0 saturated heterocycles. The fourth-order valence-electron chi connectivity index (χ4n) is 4.07. The van der Waals surface area contributed by atoms with Crippen LogP contribution < -0.4 is 10.6 Å². The summed E-state index contributed by atoms with van der Waals surface area (Å²) in [5.41, 5.74) is 0. The second kappa shape index (κ2) is 10.9. The van der Waals surface area contributed by atoms with Gasteiger partial charge in [0.2, 0.25) is 0 Å². The van der Waals surface area contributed by atoms with Crippen LogP contribution in [0.2, 0.25) is 37.3 Å². The summed E-state index contributed by atoms with van der Waals surface area (Å²) in [6.07, 6.45) is 1.23. The van der Waals surface area contributed by atoms with Crippen LogP contribution >= 0.6 is 0 Å². The Morgan fingerprint density at radius 1 is 0.815 bits per heavy atom. The van der Waals surface area contributed by atoms with Crippen LogP contribution in [0.1, 0.15) is 61.8 Å². The maximum Gasteiger partial charge on any atom is 0.192 e. The van der Waals surface area contributed by atoms with Gasteiger partial charge in [0.1, 0.15) is 0 Å². The number of nitrogens with one attached hydrogen (secondary N) is 2. The second-order valence-electron chi connectivity index (χ2n) is 11.1. The molecule has 0 aliphatic heterocycles. The molecule has 0 saturated carbocycles. The molecule has 0 aromatic heterocycles. The van der Waals surface area contributed by atoms with Crippen LogP contribution in [0.15, 0.2) is 0 Å². The molecular formula is C22H52N2OSi2. The first-order valence-corrected chi connectivity index (χ1v) is 17.3. The van der Waals surface area contributed by atoms with Crippen LogP contribution in [-0.4, -0.2) is 47.8 Å². The van der Waals surface area contributed by atoms with Crippen molar-refractivity contribution in [1.82, 2.24) is 10.6 Å². The molecular weight excluding hydrogens is 364 g/mol. The van der Waals surface area contributed by atoms with E-state index in [9.17, 15) is 0 Å². The van der Waals surface area contributed by atoms with Crippen LogP contribution in [-0.2, 0) is 4.43 Å². The van der Waals surface area contributed by atoms with E-state index in [-0.39, 0.29) is 10.3 Å². The third kappa shape index (κ3) is 8.69. The molecule has 0 spiro atoms. The van der Waals surface area contributed by atoms with Crippen LogP contribution in [0, 0.1) is 11.8 Å². The summed E-state index contributed by atoms with van der Waals surface area (Å²) in [5.74, 6) is 1.40. The average molecular weight is 417 g/mol. The van der Waals surface area contributed by atoms with E-state index in [4.69, 9.17) is 4.43 Å². The Labute approximate surface area is 174 Å². The van der Waals surface area contributed by atoms with Crippen LogP contribution in [0.25, 0.3) is 0 Å². The lowest BCUT2D eigenvalue weighted by Crippen LogP contribution is -2.60. The predicted octanol–water partition coefficient (Wildman–Crippen LogP) is 5.90. The topological polar surface area (TPSA) is 33.3 Å². The van der Waals surface area contributed by atoms with Gasteiger partial charge >= 0.3 is 0 Å². The second-order valence-corrected chi connectivity index (χ2v) is 21.1. The van der Waals surface area contributed by atoms with Crippen molar-refractivity contribution in [2.24, 2.45) is 11.8 Å². The summed E-state index contributed by atoms with van der Waals surface area (Å²) in [6.45, 7) is 33.1. The first kappa shape index (κ1) is 27.3. The standard InChI is InChI=1S/C22H52N2OSi2/c1-13-23-16-19(3)15-21(5,6)27(11,12)25-22(7,8)26(9,10)18-20(4)17-24-14-2/h19-20,23-24H,13-18H2,1-12H3. The van der Waals surface area contributed by atoms with Crippen molar-refractivity contribution in [2.45, 2.75) is 104 Å². The van der Waals surface area contributed by atoms with E-state index in [2.05, 4.69) is 92.2 Å². The lowest BCUT2D eigenvalue weighted by molar-refractivity contribution is 0.156. The van der Waals surface area contributed by atoms with Gasteiger partial charge in [-0.05, 0) is 76.4 Å². The predicted molar refractivity (Wildman–Crippen MR) is 129 cm³/mol. The highest BCUT2D eigenvalue weighted by Crippen LogP contribution is 2.46. The Kier molecular flexibility index (Phi) is 11.0. The summed E-state index contributed by atoms with van der Waals surface area (Å²) >= 11 is 0. The average Bonchev–Trinajstić information content (AvgIpc) is 2.48. The minimum atomic E-state index is -1.86. The molecule has 27 heavy (non-hydrogen) atoms. The largest absolute Gasteiger partial charge is 0.415 e. The molecule has 0 aromatic rings. The molecule has 0 bridgehead atoms. The van der Waals surface area contributed by atoms with E-state index in [0.29, 0.717) is 11.8 Å². The molecule has 0 amide bonds. The highest BCUT2D eigenvalue weighted by atomic mass is 28.4. The van der Waals surface area contributed by atoms with Gasteiger partial charge in [0, 0.05) is 5.22 Å². The number of hydrogen-bond donors (Lipinski definition) is 2. The van der Waals surface area contributed by atoms with Crippen LogP contribution in [0.5, 0.6) is 0 Å². The maximum absolute atomic E-state index is 7.13. The normalized spacial score (nSPS) is 16.4. The quantitative estimate of drug-likeness (QED) is 0.346. The van der Waals surface area contributed by atoms with Crippen molar-refractivity contribution in [3.05, 3.63) is 0 Å². The van der Waals surface area contributed by atoms with Gasteiger partial charge < -0.3 is 15.1 Å². The zero-order chi connectivity index (χ0) is 21.5. The van der Waals surface area contributed by atoms with Gasteiger partial charge in [-0.2, -0.15) is 0 Å². The van der Waals surface area contributed by atoms with E-state index in [1.165, 1.54) is 12.5 Å². The Hall–Kier alpha value is 0.314. The van der Waals surface area contributed by atoms with Gasteiger partial charge in [-0.25, -0.2) is 0 Å². The summed E-state index contributed by atoms with van der Waals surface area (Å²) < 4.78 is 7.13. The zero-order valence-electron chi connectivity index (χ0n) is 20.8. The molecule has 0 aliphatic carbocycles. The van der Waals surface area contributed by atoms with Crippen LogP contribution in [0.4, 0.5) is 0 Å². The summed E-state index contributed by atoms with van der Waals surface area (Å²) in [6, 6.07) is 1.31. The number of hydrogen-bond acceptors (Lipinski definition) is 3. The fourth-order valence-corrected chi connectivity index (χ4v) is 10.7. The van der Waals surface area contributed by atoms with Crippen molar-refractivity contribution in [2.75, 3.05) is 26.2 Å². The van der Waals surface area contributed by atoms with Crippen molar-refractivity contribution >= 4 is 16.4 Å². The molecule has 2 atom stereocenters. The lowest BCUT2D eigenvalue weighted by atomic mass is 9.98. The molecule has 5 heteroatoms. The Bertz CT molecular complexity index is 385. The molecule has 0 rings (SSSR count). The molecule has 0 radical (unpaired) electrons. The summed E-state index contributed by atoms with van der Waals surface area (Å²) in [7, 11) is -3.40. The van der Waals surface area contributed by atoms with E-state index >= 15 is 0 Å². The molecule has 2 N–H and O–H groups in total. The highest BCUT2D eigenvalue weighted by molar-refractivity contribution is 6.82. The van der Waals surface area contributed by atoms with E-state index in [1.54, 1.807) is 0 Å². The fraction of sp³-hybridized carbons (Fsp3) is 1.00. The first-order chi connectivity index (χ1) is 12.1. The molecule has 164 valence electrons. The van der Waals surface area contributed by atoms with Crippen LogP contribution in [0.3, 0.4) is 0 Å². The number of rotatable bonds is 14. The van der Waals surface area contributed by atoms with Gasteiger partial charge in [0.25, 0.3) is 0 Å². The minimum absolute atomic E-state index is 0.00533. The van der Waals surface area contributed by atoms with Crippen molar-refractivity contribution in [3.8, 4) is 0 Å². The van der Waals surface area contributed by atoms with Gasteiger partial charge in [-0.1, -0.05) is 60.7 Å². The Morgan fingerprint density at radius 3 is 1.70 bits per heavy atom. The maximum atomic E-state index is 7.13. The molecule has 2 unspecified atom stereocenters. The van der Waals surface area contributed by atoms with E-state index in [0.717, 1.165) is 26.2 Å². The lowest BCUT2D eigenvalue weighted by Gasteiger charge is -2.51. The van der Waals surface area contributed by atoms with Crippen molar-refractivity contribution in [1.29, 1.82) is 0 Å². The molecule has 0 aromatic carbocycles. The van der Waals surface area contributed by atoms with Gasteiger partial charge in [-0.15, -0.1) is 0 Å². The Morgan fingerprint density at radius 2 is 1.26 bits per heavy atom. The van der Waals surface area contributed by atoms with Crippen molar-refractivity contribution < 1.29 is 4.43 Å². The molecule has 0 aliphatic rings. The van der Waals surface area contributed by atoms with Gasteiger partial charge in [-0.3, -0.25) is 0 Å². The summed E-state index contributed by atoms with van der Waals surface area (Å²) in [4.78, 5) is 0. The molecule has 3 nitrogen and oxygen atoms in total. The van der Waals surface area contributed by atoms with E-state index in [1.807, 2.05) is 0 Å².